The number of thiazole rings is 1. The summed E-state index contributed by atoms with van der Waals surface area (Å²) in [6, 6.07) is 11.4. The Morgan fingerprint density at radius 2 is 1.97 bits per heavy atom. The zero-order valence-electron chi connectivity index (χ0n) is 16.1. The second-order valence-corrected chi connectivity index (χ2v) is 6.94. The first-order chi connectivity index (χ1) is 14.5. The molecule has 0 atom stereocenters. The molecule has 0 fully saturated rings. The van der Waals surface area contributed by atoms with Crippen molar-refractivity contribution >= 4 is 28.7 Å². The van der Waals surface area contributed by atoms with Crippen LogP contribution in [0.15, 0.2) is 52.9 Å². The van der Waals surface area contributed by atoms with E-state index < -0.39 is 17.4 Å². The van der Waals surface area contributed by atoms with E-state index in [1.807, 2.05) is 18.2 Å². The lowest BCUT2D eigenvalue weighted by atomic mass is 10.2. The molecule has 3 aromatic rings. The van der Waals surface area contributed by atoms with Crippen LogP contribution in [0.1, 0.15) is 23.7 Å². The number of benzene rings is 2. The van der Waals surface area contributed by atoms with Crippen molar-refractivity contribution in [2.75, 3.05) is 12.0 Å². The van der Waals surface area contributed by atoms with Crippen molar-refractivity contribution < 1.29 is 23.0 Å². The Morgan fingerprint density at radius 3 is 2.67 bits per heavy atom. The second-order valence-electron chi connectivity index (χ2n) is 6.08. The first kappa shape index (κ1) is 21.4. The maximum atomic E-state index is 14.3. The molecule has 2 aromatic carbocycles. The molecule has 6 nitrogen and oxygen atoms in total. The third-order valence-electron chi connectivity index (χ3n) is 3.80. The highest BCUT2D eigenvalue weighted by molar-refractivity contribution is 7.13. The van der Waals surface area contributed by atoms with E-state index in [9.17, 15) is 13.6 Å². The predicted molar refractivity (Wildman–Crippen MR) is 111 cm³/mol. The number of ether oxygens (including phenoxy) is 2. The lowest BCUT2D eigenvalue weighted by Crippen LogP contribution is -2.07. The Hall–Kier alpha value is -3.33. The summed E-state index contributed by atoms with van der Waals surface area (Å²) in [5, 5.41) is 6.07. The molecule has 0 saturated heterocycles. The number of aromatic nitrogens is 1. The fourth-order valence-electron chi connectivity index (χ4n) is 2.48. The number of carbonyl (C=O) groups excluding carboxylic acids is 1. The summed E-state index contributed by atoms with van der Waals surface area (Å²) >= 11 is 1.25. The van der Waals surface area contributed by atoms with Gasteiger partial charge in [0.05, 0.1) is 24.9 Å². The van der Waals surface area contributed by atoms with E-state index in [0.717, 1.165) is 17.7 Å². The largest absolute Gasteiger partial charge is 0.483 e. The van der Waals surface area contributed by atoms with Gasteiger partial charge in [0.1, 0.15) is 6.61 Å². The van der Waals surface area contributed by atoms with E-state index in [-0.39, 0.29) is 24.6 Å². The highest BCUT2D eigenvalue weighted by Gasteiger charge is 2.13. The van der Waals surface area contributed by atoms with Crippen molar-refractivity contribution in [1.82, 2.24) is 4.98 Å². The van der Waals surface area contributed by atoms with E-state index in [1.165, 1.54) is 17.6 Å². The predicted octanol–water partition coefficient (Wildman–Crippen LogP) is 4.55. The van der Waals surface area contributed by atoms with Gasteiger partial charge >= 0.3 is 5.97 Å². The van der Waals surface area contributed by atoms with Crippen LogP contribution in [-0.2, 0) is 22.6 Å². The minimum atomic E-state index is -0.821. The highest BCUT2D eigenvalue weighted by Crippen LogP contribution is 2.24. The van der Waals surface area contributed by atoms with Gasteiger partial charge in [0.15, 0.2) is 17.4 Å². The van der Waals surface area contributed by atoms with Gasteiger partial charge in [-0.25, -0.2) is 13.8 Å². The van der Waals surface area contributed by atoms with Gasteiger partial charge in [-0.1, -0.05) is 30.3 Å². The molecule has 156 valence electrons. The molecule has 9 heteroatoms. The molecule has 0 amide bonds. The van der Waals surface area contributed by atoms with Gasteiger partial charge in [-0.2, -0.15) is 5.10 Å². The summed E-state index contributed by atoms with van der Waals surface area (Å²) in [6.45, 7) is 2.09. The Kier molecular flexibility index (Phi) is 7.45. The molecule has 0 aliphatic rings. The molecule has 0 saturated carbocycles. The third-order valence-corrected chi connectivity index (χ3v) is 4.60. The second kappa shape index (κ2) is 10.4. The van der Waals surface area contributed by atoms with E-state index in [4.69, 9.17) is 9.47 Å². The first-order valence-electron chi connectivity index (χ1n) is 9.10. The van der Waals surface area contributed by atoms with Crippen LogP contribution in [0.5, 0.6) is 5.75 Å². The van der Waals surface area contributed by atoms with Crippen LogP contribution < -0.4 is 10.2 Å². The minimum absolute atomic E-state index is 0.0574. The molecule has 3 rings (SSSR count). The Bertz CT molecular complexity index is 1000. The van der Waals surface area contributed by atoms with Crippen LogP contribution >= 0.6 is 11.3 Å². The summed E-state index contributed by atoms with van der Waals surface area (Å²) in [5.41, 5.74) is 4.24. The summed E-state index contributed by atoms with van der Waals surface area (Å²) in [5.74, 6) is -2.44. The third kappa shape index (κ3) is 6.08. The summed E-state index contributed by atoms with van der Waals surface area (Å²) in [7, 11) is 0. The number of hydrazone groups is 1. The van der Waals surface area contributed by atoms with Crippen molar-refractivity contribution in [2.45, 2.75) is 20.0 Å². The number of hydrogen-bond acceptors (Lipinski definition) is 7. The fraction of sp³-hybridized carbons (Fsp3) is 0.190. The number of carbonyl (C=O) groups is 1. The number of rotatable bonds is 9. The van der Waals surface area contributed by atoms with Gasteiger partial charge < -0.3 is 9.47 Å². The SMILES string of the molecule is CCOC(=O)Cc1csc(NN=Cc2cc(F)c(OCc3ccccc3)c(F)c2)n1. The molecule has 1 aromatic heterocycles. The van der Waals surface area contributed by atoms with Gasteiger partial charge in [-0.15, -0.1) is 11.3 Å². The number of nitrogens with one attached hydrogen (secondary N) is 1. The smallest absolute Gasteiger partial charge is 0.311 e. The summed E-state index contributed by atoms with van der Waals surface area (Å²) in [6.07, 6.45) is 1.33. The van der Waals surface area contributed by atoms with E-state index in [2.05, 4.69) is 15.5 Å². The minimum Gasteiger partial charge on any atom is -0.483 e. The van der Waals surface area contributed by atoms with E-state index in [0.29, 0.717) is 17.4 Å². The molecule has 30 heavy (non-hydrogen) atoms. The highest BCUT2D eigenvalue weighted by atomic mass is 32.1. The van der Waals surface area contributed by atoms with Crippen molar-refractivity contribution in [1.29, 1.82) is 0 Å². The van der Waals surface area contributed by atoms with Crippen molar-refractivity contribution in [3.63, 3.8) is 0 Å². The quantitative estimate of drug-likeness (QED) is 0.306. The van der Waals surface area contributed by atoms with Gasteiger partial charge in [0.25, 0.3) is 0 Å². The Labute approximate surface area is 176 Å². The molecule has 0 bridgehead atoms. The first-order valence-corrected chi connectivity index (χ1v) is 9.98. The average molecular weight is 431 g/mol. The zero-order valence-corrected chi connectivity index (χ0v) is 16.9. The van der Waals surface area contributed by atoms with Crippen LogP contribution in [-0.4, -0.2) is 23.8 Å². The summed E-state index contributed by atoms with van der Waals surface area (Å²) < 4.78 is 38.6. The van der Waals surface area contributed by atoms with E-state index in [1.54, 1.807) is 24.4 Å². The molecule has 0 aliphatic heterocycles. The van der Waals surface area contributed by atoms with Crippen molar-refractivity contribution in [2.24, 2.45) is 5.10 Å². The van der Waals surface area contributed by atoms with Crippen LogP contribution in [0.3, 0.4) is 0 Å². The number of hydrogen-bond donors (Lipinski definition) is 1. The molecular weight excluding hydrogens is 412 g/mol. The maximum absolute atomic E-state index is 14.3. The van der Waals surface area contributed by atoms with Crippen molar-refractivity contribution in [3.8, 4) is 5.75 Å². The Morgan fingerprint density at radius 1 is 1.23 bits per heavy atom. The maximum Gasteiger partial charge on any atom is 0.311 e. The molecule has 1 heterocycles. The average Bonchev–Trinajstić information content (AvgIpc) is 3.15. The number of esters is 1. The molecular formula is C21H19F2N3O3S. The fourth-order valence-corrected chi connectivity index (χ4v) is 3.14. The number of nitrogens with zero attached hydrogens (tertiary/aromatic N) is 2. The monoisotopic (exact) mass is 431 g/mol. The van der Waals surface area contributed by atoms with Crippen LogP contribution in [0.4, 0.5) is 13.9 Å². The van der Waals surface area contributed by atoms with Crippen LogP contribution in [0, 0.1) is 11.6 Å². The van der Waals surface area contributed by atoms with Crippen LogP contribution in [0.25, 0.3) is 0 Å². The summed E-state index contributed by atoms with van der Waals surface area (Å²) in [4.78, 5) is 15.6. The molecule has 0 aliphatic carbocycles. The van der Waals surface area contributed by atoms with E-state index >= 15 is 0 Å². The number of halogens is 2. The van der Waals surface area contributed by atoms with Crippen LogP contribution in [0.2, 0.25) is 0 Å². The number of anilines is 1. The van der Waals surface area contributed by atoms with Gasteiger partial charge in [0.2, 0.25) is 5.13 Å². The Balaban J connectivity index is 1.58. The molecule has 0 spiro atoms. The lowest BCUT2D eigenvalue weighted by Gasteiger charge is -2.09. The van der Waals surface area contributed by atoms with Crippen molar-refractivity contribution in [3.05, 3.63) is 76.3 Å². The topological polar surface area (TPSA) is 72.8 Å². The normalized spacial score (nSPS) is 10.9. The molecule has 0 radical (unpaired) electrons. The zero-order chi connectivity index (χ0) is 21.3. The molecule has 1 N–H and O–H groups in total. The van der Waals surface area contributed by atoms with Gasteiger partial charge in [-0.05, 0) is 24.6 Å². The van der Waals surface area contributed by atoms with Gasteiger partial charge in [-0.3, -0.25) is 10.2 Å². The lowest BCUT2D eigenvalue weighted by molar-refractivity contribution is -0.142. The van der Waals surface area contributed by atoms with Gasteiger partial charge in [0, 0.05) is 10.9 Å². The molecule has 0 unspecified atom stereocenters. The standard InChI is InChI=1S/C21H19F2N3O3S/c1-2-28-19(27)10-16-13-30-21(25-16)26-24-11-15-8-17(22)20(18(23)9-15)29-12-14-6-4-3-5-7-14/h3-9,11,13H,2,10,12H2,1H3,(H,25,26).